The molecular formula is C33H45N5O3S. The maximum Gasteiger partial charge on any atom is 0.250 e. The Hall–Kier alpha value is -2.72. The molecular weight excluding hydrogens is 546 g/mol. The summed E-state index contributed by atoms with van der Waals surface area (Å²) in [4.78, 5) is 20.8. The van der Waals surface area contributed by atoms with Crippen molar-refractivity contribution in [2.24, 2.45) is 5.73 Å². The zero-order valence-electron chi connectivity index (χ0n) is 24.7. The molecule has 2 aromatic carbocycles. The maximum atomic E-state index is 13.1. The van der Waals surface area contributed by atoms with Gasteiger partial charge in [0.15, 0.2) is 0 Å². The van der Waals surface area contributed by atoms with E-state index in [0.717, 1.165) is 79.7 Å². The lowest BCUT2D eigenvalue weighted by Crippen LogP contribution is -2.39. The Morgan fingerprint density at radius 1 is 0.881 bits per heavy atom. The lowest BCUT2D eigenvalue weighted by molar-refractivity contribution is 0.100. The van der Waals surface area contributed by atoms with Crippen molar-refractivity contribution < 1.29 is 13.2 Å². The fourth-order valence-electron chi connectivity index (χ4n) is 7.23. The number of likely N-dealkylation sites (tertiary alicyclic amines) is 2. The SMILES string of the molecule is NC(=O)c1cc(-c2cccc(CN3CCCCC3)c2)cc2c(C3CCN(S(=O)(=O)CCCN4CCCC4)CC3)c[nH]c12. The van der Waals surface area contributed by atoms with Crippen LogP contribution in [-0.4, -0.2) is 85.0 Å². The number of aromatic amines is 1. The summed E-state index contributed by atoms with van der Waals surface area (Å²) in [6.07, 6.45) is 10.5. The van der Waals surface area contributed by atoms with Crippen molar-refractivity contribution >= 4 is 26.8 Å². The second-order valence-electron chi connectivity index (χ2n) is 12.5. The number of carbonyl (C=O) groups excluding carboxylic acids is 1. The fraction of sp³-hybridized carbons (Fsp3) is 0.545. The minimum Gasteiger partial charge on any atom is -0.366 e. The molecule has 9 heteroatoms. The third-order valence-electron chi connectivity index (χ3n) is 9.56. The van der Waals surface area contributed by atoms with Crippen LogP contribution in [-0.2, 0) is 16.6 Å². The molecule has 0 bridgehead atoms. The normalized spacial score (nSPS) is 20.0. The first kappa shape index (κ1) is 29.4. The zero-order valence-corrected chi connectivity index (χ0v) is 25.5. The van der Waals surface area contributed by atoms with Crippen molar-refractivity contribution in [3.63, 3.8) is 0 Å². The smallest absolute Gasteiger partial charge is 0.250 e. The highest BCUT2D eigenvalue weighted by atomic mass is 32.2. The molecule has 42 heavy (non-hydrogen) atoms. The Labute approximate surface area is 250 Å². The van der Waals surface area contributed by atoms with Crippen LogP contribution in [0, 0.1) is 0 Å². The summed E-state index contributed by atoms with van der Waals surface area (Å²) in [6.45, 7) is 7.36. The minimum absolute atomic E-state index is 0.219. The lowest BCUT2D eigenvalue weighted by Gasteiger charge is -2.31. The van der Waals surface area contributed by atoms with Crippen LogP contribution in [0.3, 0.4) is 0 Å². The van der Waals surface area contributed by atoms with E-state index in [1.54, 1.807) is 4.31 Å². The number of sulfonamides is 1. The Bertz CT molecular complexity index is 1500. The number of nitrogens with one attached hydrogen (secondary N) is 1. The van der Waals surface area contributed by atoms with Crippen molar-refractivity contribution in [2.45, 2.75) is 63.8 Å². The largest absolute Gasteiger partial charge is 0.366 e. The van der Waals surface area contributed by atoms with Crippen LogP contribution in [0.5, 0.6) is 0 Å². The van der Waals surface area contributed by atoms with Gasteiger partial charge < -0.3 is 15.6 Å². The summed E-state index contributed by atoms with van der Waals surface area (Å²) in [7, 11) is -3.25. The zero-order chi connectivity index (χ0) is 29.1. The highest BCUT2D eigenvalue weighted by molar-refractivity contribution is 7.89. The maximum absolute atomic E-state index is 13.1. The number of hydrogen-bond donors (Lipinski definition) is 2. The number of rotatable bonds is 10. The first-order valence-electron chi connectivity index (χ1n) is 15.8. The van der Waals surface area contributed by atoms with Crippen molar-refractivity contribution in [3.05, 3.63) is 59.3 Å². The van der Waals surface area contributed by atoms with Gasteiger partial charge in [0.05, 0.1) is 16.8 Å². The number of benzene rings is 2. The number of H-pyrrole nitrogens is 1. The molecule has 6 rings (SSSR count). The molecule has 4 heterocycles. The van der Waals surface area contributed by atoms with Crippen molar-refractivity contribution in [1.29, 1.82) is 0 Å². The van der Waals surface area contributed by atoms with E-state index in [4.69, 9.17) is 5.73 Å². The number of nitrogens with zero attached hydrogens (tertiary/aromatic N) is 3. The summed E-state index contributed by atoms with van der Waals surface area (Å²) in [5, 5.41) is 1.01. The van der Waals surface area contributed by atoms with Crippen molar-refractivity contribution in [1.82, 2.24) is 19.1 Å². The van der Waals surface area contributed by atoms with E-state index < -0.39 is 15.9 Å². The summed E-state index contributed by atoms with van der Waals surface area (Å²) in [5.74, 6) is -0.00516. The van der Waals surface area contributed by atoms with E-state index in [2.05, 4.69) is 45.1 Å². The van der Waals surface area contributed by atoms with Gasteiger partial charge in [-0.15, -0.1) is 0 Å². The van der Waals surface area contributed by atoms with Crippen LogP contribution < -0.4 is 5.73 Å². The minimum atomic E-state index is -3.25. The van der Waals surface area contributed by atoms with E-state index >= 15 is 0 Å². The van der Waals surface area contributed by atoms with Gasteiger partial charge in [-0.05, 0) is 124 Å². The quantitative estimate of drug-likeness (QED) is 0.349. The van der Waals surface area contributed by atoms with E-state index in [9.17, 15) is 13.2 Å². The van der Waals surface area contributed by atoms with Crippen LogP contribution >= 0.6 is 0 Å². The molecule has 0 radical (unpaired) electrons. The second-order valence-corrected chi connectivity index (χ2v) is 14.6. The van der Waals surface area contributed by atoms with E-state index in [1.165, 1.54) is 37.7 Å². The Kier molecular flexibility index (Phi) is 9.00. The van der Waals surface area contributed by atoms with Crippen molar-refractivity contribution in [2.75, 3.05) is 51.6 Å². The standard InChI is InChI=1S/C33H45N5O3S/c34-33(39)30-22-28(27-9-6-8-25(20-27)24-37-14-2-1-3-15-37)21-29-31(23-35-32(29)30)26-10-17-38(18-11-26)42(40,41)19-7-16-36-12-4-5-13-36/h6,8-9,20-23,26,35H,1-5,7,10-19,24H2,(H2,34,39). The van der Waals surface area contributed by atoms with Crippen molar-refractivity contribution in [3.8, 4) is 11.1 Å². The predicted octanol–water partition coefficient (Wildman–Crippen LogP) is 4.91. The van der Waals surface area contributed by atoms with Gasteiger partial charge in [0.2, 0.25) is 10.0 Å². The third kappa shape index (κ3) is 6.59. The van der Waals surface area contributed by atoms with Gasteiger partial charge in [-0.1, -0.05) is 24.6 Å². The number of primary amides is 1. The monoisotopic (exact) mass is 591 g/mol. The Morgan fingerprint density at radius 3 is 2.33 bits per heavy atom. The molecule has 3 aliphatic rings. The van der Waals surface area contributed by atoms with Crippen LogP contribution in [0.25, 0.3) is 22.0 Å². The molecule has 0 atom stereocenters. The molecule has 226 valence electrons. The third-order valence-corrected chi connectivity index (χ3v) is 11.5. The molecule has 0 unspecified atom stereocenters. The van der Waals surface area contributed by atoms with Gasteiger partial charge in [-0.25, -0.2) is 12.7 Å². The van der Waals surface area contributed by atoms with E-state index in [-0.39, 0.29) is 11.7 Å². The highest BCUT2D eigenvalue weighted by Crippen LogP contribution is 2.37. The second kappa shape index (κ2) is 12.9. The molecule has 0 aliphatic carbocycles. The van der Waals surface area contributed by atoms with Crippen LogP contribution in [0.1, 0.15) is 78.8 Å². The number of carbonyl (C=O) groups is 1. The average Bonchev–Trinajstić information content (AvgIpc) is 3.68. The number of fused-ring (bicyclic) bond motifs is 1. The van der Waals surface area contributed by atoms with Crippen LogP contribution in [0.2, 0.25) is 0 Å². The molecule has 0 spiro atoms. The topological polar surface area (TPSA) is 103 Å². The number of nitrogens with two attached hydrogens (primary N) is 1. The van der Waals surface area contributed by atoms with Gasteiger partial charge in [0.25, 0.3) is 5.91 Å². The van der Waals surface area contributed by atoms with Gasteiger partial charge in [-0.3, -0.25) is 9.69 Å². The van der Waals surface area contributed by atoms with E-state index in [1.807, 2.05) is 12.3 Å². The number of piperidine rings is 2. The van der Waals surface area contributed by atoms with Gasteiger partial charge >= 0.3 is 0 Å². The van der Waals surface area contributed by atoms with Crippen LogP contribution in [0.4, 0.5) is 0 Å². The average molecular weight is 592 g/mol. The van der Waals surface area contributed by atoms with Crippen LogP contribution in [0.15, 0.2) is 42.6 Å². The first-order chi connectivity index (χ1) is 20.4. The Morgan fingerprint density at radius 2 is 1.60 bits per heavy atom. The fourth-order valence-corrected chi connectivity index (χ4v) is 8.75. The van der Waals surface area contributed by atoms with Gasteiger partial charge in [0, 0.05) is 31.2 Å². The lowest BCUT2D eigenvalue weighted by atomic mass is 9.88. The van der Waals surface area contributed by atoms with E-state index in [0.29, 0.717) is 25.1 Å². The first-order valence-corrected chi connectivity index (χ1v) is 17.4. The molecule has 1 amide bonds. The molecule has 8 nitrogen and oxygen atoms in total. The molecule has 1 aromatic heterocycles. The predicted molar refractivity (Wildman–Crippen MR) is 169 cm³/mol. The molecule has 3 saturated heterocycles. The highest BCUT2D eigenvalue weighted by Gasteiger charge is 2.30. The molecule has 3 fully saturated rings. The summed E-state index contributed by atoms with van der Waals surface area (Å²) in [6, 6.07) is 12.7. The molecule has 3 aliphatic heterocycles. The molecule has 0 saturated carbocycles. The Balaban J connectivity index is 1.18. The molecule has 3 aromatic rings. The number of hydrogen-bond acceptors (Lipinski definition) is 5. The summed E-state index contributed by atoms with van der Waals surface area (Å²) < 4.78 is 27.9. The summed E-state index contributed by atoms with van der Waals surface area (Å²) in [5.41, 5.74) is 11.6. The van der Waals surface area contributed by atoms with Gasteiger partial charge in [-0.2, -0.15) is 0 Å². The number of amides is 1. The van der Waals surface area contributed by atoms with Gasteiger partial charge in [0.1, 0.15) is 0 Å². The molecule has 3 N–H and O–H groups in total. The summed E-state index contributed by atoms with van der Waals surface area (Å²) >= 11 is 0. The number of aromatic nitrogens is 1.